The minimum absolute atomic E-state index is 0.0452. The lowest BCUT2D eigenvalue weighted by Gasteiger charge is -2.21. The first kappa shape index (κ1) is 16.5. The summed E-state index contributed by atoms with van der Waals surface area (Å²) in [6.07, 6.45) is 5.47. The van der Waals surface area contributed by atoms with E-state index in [0.29, 0.717) is 15.5 Å². The molecular weight excluding hydrogens is 334 g/mol. The topological polar surface area (TPSA) is 64.1 Å². The molecule has 2 heterocycles. The van der Waals surface area contributed by atoms with E-state index in [9.17, 15) is 4.79 Å². The molecule has 1 N–H and O–H groups in total. The number of aromatic nitrogens is 2. The van der Waals surface area contributed by atoms with Gasteiger partial charge < -0.3 is 10.1 Å². The molecule has 1 fully saturated rings. The van der Waals surface area contributed by atoms with Crippen molar-refractivity contribution in [3.05, 3.63) is 15.7 Å². The molecule has 0 aliphatic heterocycles. The maximum atomic E-state index is 12.5. The molecule has 0 saturated heterocycles. The zero-order valence-corrected chi connectivity index (χ0v) is 14.9. The molecule has 2 aromatic rings. The lowest BCUT2D eigenvalue weighted by molar-refractivity contribution is 0.0216. The van der Waals surface area contributed by atoms with Gasteiger partial charge in [-0.3, -0.25) is 0 Å². The molecule has 124 valence electrons. The van der Waals surface area contributed by atoms with Crippen molar-refractivity contribution in [2.75, 3.05) is 11.9 Å². The summed E-state index contributed by atoms with van der Waals surface area (Å²) in [5.74, 6) is 0.420. The van der Waals surface area contributed by atoms with E-state index < -0.39 is 0 Å². The Morgan fingerprint density at radius 1 is 1.35 bits per heavy atom. The first-order valence-electron chi connectivity index (χ1n) is 8.01. The Bertz CT molecular complexity index is 726. The van der Waals surface area contributed by atoms with Crippen LogP contribution in [-0.2, 0) is 4.74 Å². The number of hydrogen-bond acceptors (Lipinski definition) is 6. The normalized spacial score (nSPS) is 15.8. The van der Waals surface area contributed by atoms with Crippen molar-refractivity contribution in [1.29, 1.82) is 0 Å². The summed E-state index contributed by atoms with van der Waals surface area (Å²) in [7, 11) is 0. The summed E-state index contributed by atoms with van der Waals surface area (Å²) in [5.41, 5.74) is 0.860. The number of fused-ring (bicyclic) bond motifs is 1. The van der Waals surface area contributed by atoms with E-state index in [1.54, 1.807) is 0 Å². The predicted octanol–water partition coefficient (Wildman–Crippen LogP) is 4.57. The number of carbonyl (C=O) groups is 1. The summed E-state index contributed by atoms with van der Waals surface area (Å²) in [6.45, 7) is 4.62. The van der Waals surface area contributed by atoms with Crippen LogP contribution in [0, 0.1) is 6.92 Å². The molecule has 1 aliphatic rings. The van der Waals surface area contributed by atoms with Gasteiger partial charge in [0.05, 0.1) is 5.39 Å². The molecule has 0 spiro atoms. The SMILES string of the molecule is CCNc1nc(Cl)nc2sc(C(=O)OC3CCCCC3)c(C)c12. The quantitative estimate of drug-likeness (QED) is 0.644. The van der Waals surface area contributed by atoms with Crippen LogP contribution in [0.5, 0.6) is 0 Å². The van der Waals surface area contributed by atoms with E-state index in [1.807, 2.05) is 13.8 Å². The van der Waals surface area contributed by atoms with Crippen molar-refractivity contribution in [3.8, 4) is 0 Å². The van der Waals surface area contributed by atoms with Gasteiger partial charge in [-0.2, -0.15) is 0 Å². The van der Waals surface area contributed by atoms with Gasteiger partial charge in [-0.05, 0) is 56.7 Å². The number of halogens is 1. The smallest absolute Gasteiger partial charge is 0.348 e. The fraction of sp³-hybridized carbons (Fsp3) is 0.562. The molecule has 0 aromatic carbocycles. The fourth-order valence-corrected chi connectivity index (χ4v) is 4.27. The summed E-state index contributed by atoms with van der Waals surface area (Å²) >= 11 is 7.31. The average Bonchev–Trinajstić information content (AvgIpc) is 2.85. The summed E-state index contributed by atoms with van der Waals surface area (Å²) in [5, 5.41) is 4.23. The van der Waals surface area contributed by atoms with E-state index in [2.05, 4.69) is 15.3 Å². The number of esters is 1. The highest BCUT2D eigenvalue weighted by atomic mass is 35.5. The van der Waals surface area contributed by atoms with Crippen molar-refractivity contribution in [1.82, 2.24) is 9.97 Å². The third kappa shape index (κ3) is 3.43. The molecule has 0 bridgehead atoms. The van der Waals surface area contributed by atoms with E-state index >= 15 is 0 Å². The molecule has 3 rings (SSSR count). The van der Waals surface area contributed by atoms with Gasteiger partial charge in [0.1, 0.15) is 21.6 Å². The minimum Gasteiger partial charge on any atom is -0.458 e. The standard InChI is InChI=1S/C16H20ClN3O2S/c1-3-18-13-11-9(2)12(23-14(11)20-16(17)19-13)15(21)22-10-7-5-4-6-8-10/h10H,3-8H2,1-2H3,(H,18,19,20). The molecule has 5 nitrogen and oxygen atoms in total. The molecule has 0 amide bonds. The lowest BCUT2D eigenvalue weighted by Crippen LogP contribution is -2.20. The molecular formula is C16H20ClN3O2S. The van der Waals surface area contributed by atoms with Crippen LogP contribution in [0.4, 0.5) is 5.82 Å². The Morgan fingerprint density at radius 2 is 2.09 bits per heavy atom. The molecule has 2 aromatic heterocycles. The Hall–Kier alpha value is -1.40. The highest BCUT2D eigenvalue weighted by Gasteiger charge is 2.24. The summed E-state index contributed by atoms with van der Waals surface area (Å²) in [4.78, 5) is 22.4. The maximum absolute atomic E-state index is 12.5. The lowest BCUT2D eigenvalue weighted by atomic mass is 9.98. The zero-order chi connectivity index (χ0) is 16.4. The number of carbonyl (C=O) groups excluding carboxylic acids is 1. The third-order valence-corrected chi connectivity index (χ3v) is 5.45. The number of aryl methyl sites for hydroxylation is 1. The van der Waals surface area contributed by atoms with Crippen LogP contribution in [0.25, 0.3) is 10.2 Å². The second-order valence-corrected chi connectivity index (χ2v) is 7.11. The first-order chi connectivity index (χ1) is 11.1. The highest BCUT2D eigenvalue weighted by molar-refractivity contribution is 7.20. The van der Waals surface area contributed by atoms with Gasteiger partial charge in [-0.15, -0.1) is 11.3 Å². The largest absolute Gasteiger partial charge is 0.458 e. The molecule has 0 radical (unpaired) electrons. The first-order valence-corrected chi connectivity index (χ1v) is 9.21. The number of hydrogen-bond donors (Lipinski definition) is 1. The van der Waals surface area contributed by atoms with Crippen molar-refractivity contribution in [2.45, 2.75) is 52.1 Å². The fourth-order valence-electron chi connectivity index (χ4n) is 2.99. The van der Waals surface area contributed by atoms with Crippen molar-refractivity contribution >= 4 is 44.9 Å². The molecule has 0 atom stereocenters. The van der Waals surface area contributed by atoms with E-state index in [1.165, 1.54) is 17.8 Å². The number of nitrogens with zero attached hydrogens (tertiary/aromatic N) is 2. The van der Waals surface area contributed by atoms with Crippen LogP contribution in [0.2, 0.25) is 5.28 Å². The van der Waals surface area contributed by atoms with Crippen molar-refractivity contribution in [3.63, 3.8) is 0 Å². The third-order valence-electron chi connectivity index (χ3n) is 4.12. The Morgan fingerprint density at radius 3 is 2.78 bits per heavy atom. The van der Waals surface area contributed by atoms with Gasteiger partial charge in [0.15, 0.2) is 0 Å². The van der Waals surface area contributed by atoms with Gasteiger partial charge in [0.25, 0.3) is 0 Å². The number of rotatable bonds is 4. The van der Waals surface area contributed by atoms with Crippen molar-refractivity contribution in [2.24, 2.45) is 0 Å². The molecule has 23 heavy (non-hydrogen) atoms. The Kier molecular flexibility index (Phi) is 5.02. The number of nitrogens with one attached hydrogen (secondary N) is 1. The number of anilines is 1. The van der Waals surface area contributed by atoms with Crippen molar-refractivity contribution < 1.29 is 9.53 Å². The monoisotopic (exact) mass is 353 g/mol. The second kappa shape index (κ2) is 7.01. The predicted molar refractivity (Wildman–Crippen MR) is 93.6 cm³/mol. The average molecular weight is 354 g/mol. The minimum atomic E-state index is -0.254. The Balaban J connectivity index is 1.93. The van der Waals surface area contributed by atoms with E-state index in [-0.39, 0.29) is 17.4 Å². The van der Waals surface area contributed by atoms with Crippen LogP contribution in [0.15, 0.2) is 0 Å². The number of thiophene rings is 1. The highest BCUT2D eigenvalue weighted by Crippen LogP contribution is 2.35. The van der Waals surface area contributed by atoms with Crippen LogP contribution in [0.3, 0.4) is 0 Å². The molecule has 1 aliphatic carbocycles. The van der Waals surface area contributed by atoms with Gasteiger partial charge in [0, 0.05) is 6.54 Å². The van der Waals surface area contributed by atoms with Gasteiger partial charge >= 0.3 is 5.97 Å². The van der Waals surface area contributed by atoms with Crippen LogP contribution in [-0.4, -0.2) is 28.6 Å². The Labute approximate surface area is 144 Å². The molecule has 7 heteroatoms. The van der Waals surface area contributed by atoms with Crippen LogP contribution < -0.4 is 5.32 Å². The van der Waals surface area contributed by atoms with Gasteiger partial charge in [-0.25, -0.2) is 14.8 Å². The number of ether oxygens (including phenoxy) is 1. The van der Waals surface area contributed by atoms with Crippen LogP contribution in [0.1, 0.15) is 54.3 Å². The van der Waals surface area contributed by atoms with Crippen LogP contribution >= 0.6 is 22.9 Å². The summed E-state index contributed by atoms with van der Waals surface area (Å²) < 4.78 is 5.69. The van der Waals surface area contributed by atoms with E-state index in [4.69, 9.17) is 16.3 Å². The molecule has 1 saturated carbocycles. The summed E-state index contributed by atoms with van der Waals surface area (Å²) in [6, 6.07) is 0. The second-order valence-electron chi connectivity index (χ2n) is 5.77. The zero-order valence-electron chi connectivity index (χ0n) is 13.3. The molecule has 0 unspecified atom stereocenters. The maximum Gasteiger partial charge on any atom is 0.348 e. The van der Waals surface area contributed by atoms with Gasteiger partial charge in [-0.1, -0.05) is 6.42 Å². The van der Waals surface area contributed by atoms with E-state index in [0.717, 1.165) is 43.2 Å². The van der Waals surface area contributed by atoms with Gasteiger partial charge in [0.2, 0.25) is 5.28 Å².